The summed E-state index contributed by atoms with van der Waals surface area (Å²) in [5.74, 6) is -0.767. The number of nitrogens with zero attached hydrogens (tertiary/aromatic N) is 1. The average Bonchev–Trinajstić information content (AvgIpc) is 3.08. The van der Waals surface area contributed by atoms with Gasteiger partial charge in [0.05, 0.1) is 6.04 Å². The monoisotopic (exact) mass is 395 g/mol. The highest BCUT2D eigenvalue weighted by Gasteiger charge is 2.43. The largest absolute Gasteiger partial charge is 0.368 e. The van der Waals surface area contributed by atoms with E-state index in [1.54, 1.807) is 18.9 Å². The smallest absolute Gasteiger partial charge is 0.246 e. The van der Waals surface area contributed by atoms with Crippen LogP contribution >= 0.6 is 0 Å². The van der Waals surface area contributed by atoms with E-state index in [4.69, 9.17) is 5.73 Å². The van der Waals surface area contributed by atoms with Crippen LogP contribution in [0, 0.1) is 5.92 Å². The van der Waals surface area contributed by atoms with Gasteiger partial charge < -0.3 is 26.6 Å². The molecule has 160 valence electrons. The molecule has 2 rings (SSSR count). The van der Waals surface area contributed by atoms with E-state index >= 15 is 0 Å². The zero-order valence-corrected chi connectivity index (χ0v) is 17.7. The fourth-order valence-corrected chi connectivity index (χ4v) is 4.38. The summed E-state index contributed by atoms with van der Waals surface area (Å²) in [5, 5.41) is 9.28. The third-order valence-electron chi connectivity index (χ3n) is 5.99. The number of carbonyl (C=O) groups is 3. The summed E-state index contributed by atoms with van der Waals surface area (Å²) in [5.41, 5.74) is 5.61. The van der Waals surface area contributed by atoms with Crippen LogP contribution in [0.1, 0.15) is 59.3 Å². The first kappa shape index (κ1) is 22.6. The minimum Gasteiger partial charge on any atom is -0.368 e. The fourth-order valence-electron chi connectivity index (χ4n) is 4.38. The van der Waals surface area contributed by atoms with Crippen LogP contribution in [-0.4, -0.2) is 66.4 Å². The fraction of sp³-hybridized carbons (Fsp3) is 0.850. The van der Waals surface area contributed by atoms with Crippen molar-refractivity contribution < 1.29 is 14.4 Å². The Morgan fingerprint density at radius 3 is 2.25 bits per heavy atom. The van der Waals surface area contributed by atoms with Crippen molar-refractivity contribution in [2.45, 2.75) is 89.5 Å². The van der Waals surface area contributed by atoms with Gasteiger partial charge in [-0.25, -0.2) is 0 Å². The molecule has 8 nitrogen and oxygen atoms in total. The second kappa shape index (κ2) is 10.2. The Balaban J connectivity index is 2.20. The van der Waals surface area contributed by atoms with Crippen molar-refractivity contribution in [3.63, 3.8) is 0 Å². The molecule has 1 heterocycles. The number of primary amides is 1. The van der Waals surface area contributed by atoms with Gasteiger partial charge in [0.15, 0.2) is 0 Å². The van der Waals surface area contributed by atoms with Crippen LogP contribution in [0.5, 0.6) is 0 Å². The van der Waals surface area contributed by atoms with Crippen molar-refractivity contribution in [1.82, 2.24) is 20.9 Å². The van der Waals surface area contributed by atoms with E-state index in [0.29, 0.717) is 13.0 Å². The Kier molecular flexibility index (Phi) is 8.24. The van der Waals surface area contributed by atoms with Gasteiger partial charge in [-0.2, -0.15) is 0 Å². The lowest BCUT2D eigenvalue weighted by atomic mass is 9.83. The summed E-state index contributed by atoms with van der Waals surface area (Å²) in [6, 6.07) is -1.35. The molecule has 3 amide bonds. The molecule has 0 unspecified atom stereocenters. The minimum atomic E-state index is -0.631. The van der Waals surface area contributed by atoms with Gasteiger partial charge in [-0.3, -0.25) is 14.4 Å². The van der Waals surface area contributed by atoms with Crippen LogP contribution < -0.4 is 21.7 Å². The lowest BCUT2D eigenvalue weighted by molar-refractivity contribution is -0.142. The maximum atomic E-state index is 13.5. The number of nitrogens with two attached hydrogens (primary N) is 1. The maximum Gasteiger partial charge on any atom is 0.246 e. The van der Waals surface area contributed by atoms with Crippen molar-refractivity contribution in [3.8, 4) is 0 Å². The molecule has 2 aliphatic rings. The van der Waals surface area contributed by atoms with Gasteiger partial charge in [0.2, 0.25) is 17.7 Å². The first-order valence-electron chi connectivity index (χ1n) is 10.6. The Hall–Kier alpha value is -1.67. The van der Waals surface area contributed by atoms with Crippen molar-refractivity contribution in [3.05, 3.63) is 0 Å². The topological polar surface area (TPSA) is 117 Å². The molecule has 1 aliphatic heterocycles. The lowest BCUT2D eigenvalue weighted by Gasteiger charge is -2.34. The summed E-state index contributed by atoms with van der Waals surface area (Å²) < 4.78 is 0. The highest BCUT2D eigenvalue weighted by Crippen LogP contribution is 2.29. The van der Waals surface area contributed by atoms with E-state index in [-0.39, 0.29) is 35.9 Å². The van der Waals surface area contributed by atoms with Gasteiger partial charge in [-0.05, 0) is 39.2 Å². The second-order valence-corrected chi connectivity index (χ2v) is 8.56. The minimum absolute atomic E-state index is 0.0281. The van der Waals surface area contributed by atoms with Gasteiger partial charge in [0, 0.05) is 18.6 Å². The molecule has 0 bridgehead atoms. The van der Waals surface area contributed by atoms with Gasteiger partial charge in [0.1, 0.15) is 12.1 Å². The van der Waals surface area contributed by atoms with E-state index in [9.17, 15) is 14.4 Å². The number of likely N-dealkylation sites (tertiary alicyclic amines) is 1. The van der Waals surface area contributed by atoms with Gasteiger partial charge in [-0.1, -0.05) is 33.1 Å². The summed E-state index contributed by atoms with van der Waals surface area (Å²) >= 11 is 0. The summed E-state index contributed by atoms with van der Waals surface area (Å²) in [6.07, 6.45) is 5.61. The highest BCUT2D eigenvalue weighted by molar-refractivity contribution is 5.93. The second-order valence-electron chi connectivity index (χ2n) is 8.56. The number of hydrogen-bond acceptors (Lipinski definition) is 5. The number of nitrogens with one attached hydrogen (secondary N) is 3. The first-order chi connectivity index (χ1) is 13.2. The van der Waals surface area contributed by atoms with E-state index in [2.05, 4.69) is 16.0 Å². The van der Waals surface area contributed by atoms with Crippen LogP contribution in [0.25, 0.3) is 0 Å². The molecule has 0 radical (unpaired) electrons. The molecule has 0 aromatic heterocycles. The molecule has 2 fully saturated rings. The summed E-state index contributed by atoms with van der Waals surface area (Å²) in [4.78, 5) is 39.6. The number of carbonyl (C=O) groups excluding carboxylic acids is 3. The number of hydrogen-bond donors (Lipinski definition) is 4. The average molecular weight is 396 g/mol. The molecule has 0 aromatic rings. The standard InChI is InChI=1S/C20H37N5O3/c1-12(2)23-15-10-16(18(21)26)25(11-15)20(28)17(14-8-6-5-7-9-14)24-19(27)13(3)22-4/h12-17,22-23H,5-11H2,1-4H3,(H2,21,26)(H,24,27)/t13-,15-,16-,17-/m0/s1. The van der Waals surface area contributed by atoms with Crippen molar-refractivity contribution >= 4 is 17.7 Å². The Morgan fingerprint density at radius 2 is 1.71 bits per heavy atom. The number of rotatable bonds is 8. The van der Waals surface area contributed by atoms with Gasteiger partial charge in [-0.15, -0.1) is 0 Å². The Bertz CT molecular complexity index is 562. The normalized spacial score (nSPS) is 25.5. The molecule has 8 heteroatoms. The quantitative estimate of drug-likeness (QED) is 0.466. The lowest BCUT2D eigenvalue weighted by Crippen LogP contribution is -2.58. The molecule has 1 saturated carbocycles. The number of likely N-dealkylation sites (N-methyl/N-ethyl adjacent to an activating group) is 1. The van der Waals surface area contributed by atoms with E-state index in [1.165, 1.54) is 0 Å². The van der Waals surface area contributed by atoms with Crippen LogP contribution in [0.15, 0.2) is 0 Å². The van der Waals surface area contributed by atoms with Gasteiger partial charge in [0.25, 0.3) is 0 Å². The highest BCUT2D eigenvalue weighted by atomic mass is 16.2. The van der Waals surface area contributed by atoms with Crippen LogP contribution in [0.4, 0.5) is 0 Å². The summed E-state index contributed by atoms with van der Waals surface area (Å²) in [7, 11) is 1.72. The third-order valence-corrected chi connectivity index (χ3v) is 5.99. The van der Waals surface area contributed by atoms with E-state index in [0.717, 1.165) is 32.1 Å². The Labute approximate surface area is 168 Å². The molecule has 1 aliphatic carbocycles. The van der Waals surface area contributed by atoms with Gasteiger partial charge >= 0.3 is 0 Å². The van der Waals surface area contributed by atoms with E-state index < -0.39 is 18.0 Å². The zero-order chi connectivity index (χ0) is 20.8. The SMILES string of the molecule is CN[C@@H](C)C(=O)N[C@H](C(=O)N1C[C@@H](NC(C)C)C[C@H]1C(N)=O)C1CCCCC1. The van der Waals surface area contributed by atoms with Crippen molar-refractivity contribution in [1.29, 1.82) is 0 Å². The van der Waals surface area contributed by atoms with Crippen LogP contribution in [-0.2, 0) is 14.4 Å². The maximum absolute atomic E-state index is 13.5. The molecular formula is C20H37N5O3. The van der Waals surface area contributed by atoms with Crippen LogP contribution in [0.3, 0.4) is 0 Å². The predicted molar refractivity (Wildman–Crippen MR) is 108 cm³/mol. The molecule has 4 atom stereocenters. The Morgan fingerprint density at radius 1 is 1.07 bits per heavy atom. The predicted octanol–water partition coefficient (Wildman–Crippen LogP) is 0.112. The third kappa shape index (κ3) is 5.67. The molecular weight excluding hydrogens is 358 g/mol. The molecule has 0 aromatic carbocycles. The molecule has 0 spiro atoms. The number of amides is 3. The zero-order valence-electron chi connectivity index (χ0n) is 17.7. The first-order valence-corrected chi connectivity index (χ1v) is 10.6. The molecule has 1 saturated heterocycles. The van der Waals surface area contributed by atoms with Crippen LogP contribution in [0.2, 0.25) is 0 Å². The van der Waals surface area contributed by atoms with Crippen molar-refractivity contribution in [2.24, 2.45) is 11.7 Å². The van der Waals surface area contributed by atoms with Crippen molar-refractivity contribution in [2.75, 3.05) is 13.6 Å². The summed E-state index contributed by atoms with van der Waals surface area (Å²) in [6.45, 7) is 6.27. The molecule has 28 heavy (non-hydrogen) atoms. The van der Waals surface area contributed by atoms with E-state index in [1.807, 2.05) is 13.8 Å². The molecule has 5 N–H and O–H groups in total.